The van der Waals surface area contributed by atoms with Crippen molar-refractivity contribution in [3.8, 4) is 34.3 Å². The van der Waals surface area contributed by atoms with Crippen LogP contribution < -0.4 is 24.4 Å². The zero-order valence-electron chi connectivity index (χ0n) is 15.0. The number of aromatic nitrogens is 1. The van der Waals surface area contributed by atoms with E-state index in [1.165, 1.54) is 5.56 Å². The molecule has 27 heavy (non-hydrogen) atoms. The molecule has 0 atom stereocenters. The van der Waals surface area contributed by atoms with Gasteiger partial charge in [0.05, 0.1) is 25.3 Å². The van der Waals surface area contributed by atoms with E-state index in [1.54, 1.807) is 14.2 Å². The van der Waals surface area contributed by atoms with Gasteiger partial charge in [0.2, 0.25) is 6.79 Å². The third-order valence-electron chi connectivity index (χ3n) is 5.15. The number of ether oxygens (including phenoxy) is 4. The summed E-state index contributed by atoms with van der Waals surface area (Å²) < 4.78 is 24.0. The number of fused-ring (bicyclic) bond motifs is 5. The molecule has 7 heteroatoms. The molecule has 0 radical (unpaired) electrons. The monoisotopic (exact) mass is 386 g/mol. The molecule has 1 N–H and O–H groups in total. The lowest BCUT2D eigenvalue weighted by Gasteiger charge is -2.24. The van der Waals surface area contributed by atoms with Gasteiger partial charge in [0, 0.05) is 12.1 Å². The van der Waals surface area contributed by atoms with E-state index in [9.17, 15) is 0 Å². The van der Waals surface area contributed by atoms with Crippen LogP contribution in [0.1, 0.15) is 5.56 Å². The molecule has 2 aliphatic heterocycles. The number of methoxy groups -OCH3 is 2. The number of pyridine rings is 1. The highest BCUT2D eigenvalue weighted by molar-refractivity contribution is 5.92. The van der Waals surface area contributed by atoms with Gasteiger partial charge < -0.3 is 23.5 Å². The summed E-state index contributed by atoms with van der Waals surface area (Å²) in [5.41, 5.74) is 3.74. The van der Waals surface area contributed by atoms with Gasteiger partial charge in [-0.1, -0.05) is 6.07 Å². The molecule has 0 fully saturated rings. The molecule has 2 aromatic carbocycles. The van der Waals surface area contributed by atoms with E-state index in [-0.39, 0.29) is 19.2 Å². The van der Waals surface area contributed by atoms with Crippen molar-refractivity contribution in [3.63, 3.8) is 0 Å². The van der Waals surface area contributed by atoms with Gasteiger partial charge in [-0.15, -0.1) is 12.4 Å². The lowest BCUT2D eigenvalue weighted by molar-refractivity contribution is 0.174. The smallest absolute Gasteiger partial charge is 0.231 e. The van der Waals surface area contributed by atoms with Crippen LogP contribution in [0, 0.1) is 5.41 Å². The van der Waals surface area contributed by atoms with Crippen molar-refractivity contribution in [3.05, 3.63) is 41.4 Å². The van der Waals surface area contributed by atoms with Crippen LogP contribution in [-0.4, -0.2) is 25.6 Å². The van der Waals surface area contributed by atoms with Crippen molar-refractivity contribution in [2.45, 2.75) is 13.0 Å². The number of aryl methyl sites for hydroxylation is 1. The quantitative estimate of drug-likeness (QED) is 0.732. The third-order valence-corrected chi connectivity index (χ3v) is 5.15. The van der Waals surface area contributed by atoms with E-state index in [0.29, 0.717) is 17.0 Å². The van der Waals surface area contributed by atoms with E-state index >= 15 is 0 Å². The molecule has 0 saturated carbocycles. The highest BCUT2D eigenvalue weighted by atomic mass is 35.5. The number of hydrogen-bond donors (Lipinski definition) is 1. The molecule has 0 saturated heterocycles. The van der Waals surface area contributed by atoms with Crippen molar-refractivity contribution in [1.82, 2.24) is 4.57 Å². The lowest BCUT2D eigenvalue weighted by atomic mass is 9.95. The first-order valence-corrected chi connectivity index (χ1v) is 8.47. The van der Waals surface area contributed by atoms with Gasteiger partial charge in [-0.05, 0) is 41.6 Å². The fraction of sp³-hybridized carbons (Fsp3) is 0.250. The average molecular weight is 387 g/mol. The molecule has 2 aliphatic rings. The highest BCUT2D eigenvalue weighted by Gasteiger charge is 2.24. The summed E-state index contributed by atoms with van der Waals surface area (Å²) in [7, 11) is 3.22. The fourth-order valence-corrected chi connectivity index (χ4v) is 3.90. The van der Waals surface area contributed by atoms with E-state index in [0.717, 1.165) is 46.5 Å². The minimum atomic E-state index is 0. The topological polar surface area (TPSA) is 65.7 Å². The van der Waals surface area contributed by atoms with Crippen LogP contribution >= 0.6 is 12.4 Å². The molecule has 3 heterocycles. The molecule has 5 rings (SSSR count). The molecule has 6 nitrogen and oxygen atoms in total. The maximum absolute atomic E-state index is 8.80. The van der Waals surface area contributed by atoms with Crippen molar-refractivity contribution < 1.29 is 18.9 Å². The van der Waals surface area contributed by atoms with Gasteiger partial charge >= 0.3 is 0 Å². The predicted molar refractivity (Wildman–Crippen MR) is 103 cm³/mol. The Morgan fingerprint density at radius 1 is 1.04 bits per heavy atom. The molecular formula is C20H19ClN2O4. The Hall–Kier alpha value is -2.86. The fourth-order valence-electron chi connectivity index (χ4n) is 3.90. The number of hydrogen-bond acceptors (Lipinski definition) is 5. The molecule has 0 aliphatic carbocycles. The maximum atomic E-state index is 8.80. The first-order valence-electron chi connectivity index (χ1n) is 8.47. The Morgan fingerprint density at radius 2 is 1.81 bits per heavy atom. The van der Waals surface area contributed by atoms with Gasteiger partial charge in [0.1, 0.15) is 5.49 Å². The van der Waals surface area contributed by atoms with E-state index < -0.39 is 0 Å². The SMILES string of the molecule is COc1ccc2cc3n(c(=N)c2c1OC)CCc1cc2c(cc1-3)OCO2.Cl. The second kappa shape index (κ2) is 6.39. The average Bonchev–Trinajstić information content (AvgIpc) is 3.12. The number of nitrogens with one attached hydrogen (secondary N) is 1. The summed E-state index contributed by atoms with van der Waals surface area (Å²) in [6, 6.07) is 10.0. The Morgan fingerprint density at radius 3 is 2.56 bits per heavy atom. The Balaban J connectivity index is 0.00000180. The maximum Gasteiger partial charge on any atom is 0.231 e. The van der Waals surface area contributed by atoms with Gasteiger partial charge in [-0.3, -0.25) is 5.41 Å². The highest BCUT2D eigenvalue weighted by Crippen LogP contribution is 2.42. The van der Waals surface area contributed by atoms with E-state index in [4.69, 9.17) is 24.4 Å². The van der Waals surface area contributed by atoms with Crippen LogP contribution in [-0.2, 0) is 13.0 Å². The molecular weight excluding hydrogens is 368 g/mol. The van der Waals surface area contributed by atoms with Crippen molar-refractivity contribution >= 4 is 23.2 Å². The predicted octanol–water partition coefficient (Wildman–Crippen LogP) is 3.51. The van der Waals surface area contributed by atoms with Crippen LogP contribution in [0.25, 0.3) is 22.0 Å². The zero-order chi connectivity index (χ0) is 17.8. The minimum Gasteiger partial charge on any atom is -0.493 e. The third kappa shape index (κ3) is 2.44. The molecule has 0 spiro atoms. The van der Waals surface area contributed by atoms with E-state index in [1.807, 2.05) is 22.8 Å². The molecule has 1 aromatic heterocycles. The minimum absolute atomic E-state index is 0. The van der Waals surface area contributed by atoms with Gasteiger partial charge in [-0.2, -0.15) is 0 Å². The summed E-state index contributed by atoms with van der Waals surface area (Å²) in [6.45, 7) is 0.994. The summed E-state index contributed by atoms with van der Waals surface area (Å²) in [5.74, 6) is 2.79. The summed E-state index contributed by atoms with van der Waals surface area (Å²) >= 11 is 0. The lowest BCUT2D eigenvalue weighted by Crippen LogP contribution is -2.26. The Bertz CT molecular complexity index is 1120. The second-order valence-corrected chi connectivity index (χ2v) is 6.41. The second-order valence-electron chi connectivity index (χ2n) is 6.41. The Kier molecular flexibility index (Phi) is 4.15. The van der Waals surface area contributed by atoms with Crippen LogP contribution in [0.3, 0.4) is 0 Å². The molecule has 0 amide bonds. The van der Waals surface area contributed by atoms with Crippen LogP contribution in [0.2, 0.25) is 0 Å². The van der Waals surface area contributed by atoms with Crippen LogP contribution in [0.5, 0.6) is 23.0 Å². The number of rotatable bonds is 2. The van der Waals surface area contributed by atoms with E-state index in [2.05, 4.69) is 12.1 Å². The number of halogens is 1. The number of benzene rings is 2. The summed E-state index contributed by atoms with van der Waals surface area (Å²) in [6.07, 6.45) is 0.841. The number of nitrogens with zero attached hydrogens (tertiary/aromatic N) is 1. The van der Waals surface area contributed by atoms with Gasteiger partial charge in [-0.25, -0.2) is 0 Å². The molecule has 0 bridgehead atoms. The van der Waals surface area contributed by atoms with Crippen molar-refractivity contribution in [2.24, 2.45) is 0 Å². The Labute approximate surface area is 162 Å². The summed E-state index contributed by atoms with van der Waals surface area (Å²) in [5, 5.41) is 10.5. The molecule has 0 unspecified atom stereocenters. The van der Waals surface area contributed by atoms with Gasteiger partial charge in [0.15, 0.2) is 23.0 Å². The summed E-state index contributed by atoms with van der Waals surface area (Å²) in [4.78, 5) is 0. The zero-order valence-corrected chi connectivity index (χ0v) is 15.8. The molecule has 140 valence electrons. The first kappa shape index (κ1) is 17.5. The van der Waals surface area contributed by atoms with Crippen LogP contribution in [0.4, 0.5) is 0 Å². The molecule has 3 aromatic rings. The van der Waals surface area contributed by atoms with Crippen molar-refractivity contribution in [1.29, 1.82) is 5.41 Å². The largest absolute Gasteiger partial charge is 0.493 e. The normalized spacial score (nSPS) is 13.6. The first-order chi connectivity index (χ1) is 12.7. The van der Waals surface area contributed by atoms with Gasteiger partial charge in [0.25, 0.3) is 0 Å². The van der Waals surface area contributed by atoms with Crippen LogP contribution in [0.15, 0.2) is 30.3 Å². The standard InChI is InChI=1S/C20H18N2O4.ClH/c1-23-15-4-3-12-7-14-13-9-17-16(25-10-26-17)8-11(13)5-6-22(14)20(21)18(12)19(15)24-2;/h3-4,7-9,21H,5-6,10H2,1-2H3;1H. The van der Waals surface area contributed by atoms with Crippen molar-refractivity contribution in [2.75, 3.05) is 21.0 Å².